The normalized spacial score (nSPS) is 14.3. The molecule has 1 amide bonds. The van der Waals surface area contributed by atoms with E-state index in [1.165, 1.54) is 0 Å². The van der Waals surface area contributed by atoms with E-state index >= 15 is 0 Å². The van der Waals surface area contributed by atoms with E-state index < -0.39 is 34.0 Å². The van der Waals surface area contributed by atoms with Crippen molar-refractivity contribution in [3.05, 3.63) is 59.7 Å². The van der Waals surface area contributed by atoms with Gasteiger partial charge in [0.1, 0.15) is 12.6 Å². The molecule has 0 saturated carbocycles. The Balaban J connectivity index is 1.58. The summed E-state index contributed by atoms with van der Waals surface area (Å²) in [5.41, 5.74) is 3.85. The molecule has 0 saturated heterocycles. The third-order valence-corrected chi connectivity index (χ3v) is 6.47. The lowest BCUT2D eigenvalue weighted by molar-refractivity contribution is -0.139. The van der Waals surface area contributed by atoms with Crippen molar-refractivity contribution >= 4 is 22.2 Å². The van der Waals surface area contributed by atoms with Gasteiger partial charge >= 0.3 is 12.1 Å². The van der Waals surface area contributed by atoms with E-state index in [0.29, 0.717) is 0 Å². The number of carbonyl (C=O) groups is 2. The molecule has 0 radical (unpaired) electrons. The van der Waals surface area contributed by atoms with Crippen LogP contribution in [0, 0.1) is 5.41 Å². The van der Waals surface area contributed by atoms with Crippen molar-refractivity contribution < 1.29 is 32.0 Å². The molecule has 2 aromatic carbocycles. The number of benzene rings is 2. The quantitative estimate of drug-likeness (QED) is 0.530. The summed E-state index contributed by atoms with van der Waals surface area (Å²) in [6, 6.07) is 14.3. The van der Waals surface area contributed by atoms with Crippen molar-refractivity contribution in [1.29, 1.82) is 0 Å². The van der Waals surface area contributed by atoms with Gasteiger partial charge in [0.05, 0.1) is 12.4 Å². The Morgan fingerprint density at radius 3 is 2.09 bits per heavy atom. The highest BCUT2D eigenvalue weighted by Gasteiger charge is 2.30. The highest BCUT2D eigenvalue weighted by atomic mass is 32.2. The van der Waals surface area contributed by atoms with E-state index in [0.717, 1.165) is 22.3 Å². The van der Waals surface area contributed by atoms with Crippen molar-refractivity contribution in [2.75, 3.05) is 19.0 Å². The van der Waals surface area contributed by atoms with Crippen LogP contribution in [0.5, 0.6) is 0 Å². The number of hydrogen-bond acceptors (Lipinski definition) is 6. The zero-order chi connectivity index (χ0) is 24.2. The van der Waals surface area contributed by atoms with E-state index in [-0.39, 0.29) is 31.0 Å². The van der Waals surface area contributed by atoms with Crippen LogP contribution in [0.4, 0.5) is 4.79 Å². The lowest BCUT2D eigenvalue weighted by Crippen LogP contribution is -2.42. The molecule has 9 heteroatoms. The molecule has 3 rings (SSSR count). The van der Waals surface area contributed by atoms with Crippen molar-refractivity contribution in [2.45, 2.75) is 39.2 Å². The first-order valence-corrected chi connectivity index (χ1v) is 12.3. The average molecular weight is 476 g/mol. The molecule has 8 nitrogen and oxygen atoms in total. The number of alkyl carbamates (subject to hydrolysis) is 1. The highest BCUT2D eigenvalue weighted by molar-refractivity contribution is 7.86. The lowest BCUT2D eigenvalue weighted by atomic mass is 9.98. The van der Waals surface area contributed by atoms with Gasteiger partial charge in [-0.05, 0) is 34.1 Å². The topological polar surface area (TPSA) is 119 Å². The largest absolute Gasteiger partial charge is 0.480 e. The van der Waals surface area contributed by atoms with Crippen LogP contribution in [0.1, 0.15) is 44.2 Å². The van der Waals surface area contributed by atoms with Gasteiger partial charge in [-0.2, -0.15) is 8.42 Å². The summed E-state index contributed by atoms with van der Waals surface area (Å²) in [7, 11) is -3.93. The smallest absolute Gasteiger partial charge is 0.407 e. The van der Waals surface area contributed by atoms with Crippen LogP contribution in [0.3, 0.4) is 0 Å². The van der Waals surface area contributed by atoms with Gasteiger partial charge in [-0.3, -0.25) is 4.18 Å². The summed E-state index contributed by atoms with van der Waals surface area (Å²) < 4.78 is 34.4. The third kappa shape index (κ3) is 6.55. The molecule has 2 aromatic rings. The van der Waals surface area contributed by atoms with Gasteiger partial charge in [-0.1, -0.05) is 69.3 Å². The SMILES string of the molecule is CC(C)(C)COS(=O)(=O)CC[C@@H](NC(=O)OCC1c2ccccc2-c2ccccc21)C(=O)O. The molecule has 33 heavy (non-hydrogen) atoms. The number of hydrogen-bond donors (Lipinski definition) is 2. The number of rotatable bonds is 9. The zero-order valence-electron chi connectivity index (χ0n) is 18.9. The maximum atomic E-state index is 12.3. The molecular weight excluding hydrogens is 446 g/mol. The van der Waals surface area contributed by atoms with E-state index in [1.54, 1.807) is 0 Å². The molecule has 0 aromatic heterocycles. The number of amides is 1. The molecular formula is C24H29NO7S. The van der Waals surface area contributed by atoms with Gasteiger partial charge in [0.15, 0.2) is 0 Å². The molecule has 1 aliphatic rings. The molecule has 178 valence electrons. The van der Waals surface area contributed by atoms with Crippen molar-refractivity contribution in [3.63, 3.8) is 0 Å². The molecule has 1 atom stereocenters. The Bertz CT molecular complexity index is 1080. The first-order chi connectivity index (χ1) is 15.5. The monoisotopic (exact) mass is 475 g/mol. The molecule has 0 bridgehead atoms. The van der Waals surface area contributed by atoms with Crippen molar-refractivity contribution in [2.24, 2.45) is 5.41 Å². The van der Waals surface area contributed by atoms with Gasteiger partial charge in [0, 0.05) is 5.92 Å². The van der Waals surface area contributed by atoms with Crippen LogP contribution in [0.15, 0.2) is 48.5 Å². The number of fused-ring (bicyclic) bond motifs is 3. The number of carbonyl (C=O) groups excluding carboxylic acids is 1. The van der Waals surface area contributed by atoms with Gasteiger partial charge in [0.25, 0.3) is 10.1 Å². The maximum Gasteiger partial charge on any atom is 0.407 e. The fraction of sp³-hybridized carbons (Fsp3) is 0.417. The minimum Gasteiger partial charge on any atom is -0.480 e. The van der Waals surface area contributed by atoms with Crippen LogP contribution in [-0.2, 0) is 23.8 Å². The summed E-state index contributed by atoms with van der Waals surface area (Å²) >= 11 is 0. The van der Waals surface area contributed by atoms with Gasteiger partial charge < -0.3 is 15.2 Å². The Hall–Kier alpha value is -2.91. The van der Waals surface area contributed by atoms with E-state index in [1.807, 2.05) is 69.3 Å². The summed E-state index contributed by atoms with van der Waals surface area (Å²) in [6.07, 6.45) is -1.26. The lowest BCUT2D eigenvalue weighted by Gasteiger charge is -2.19. The Labute approximate surface area is 194 Å². The second-order valence-corrected chi connectivity index (χ2v) is 11.0. The number of carboxylic acids is 1. The fourth-order valence-electron chi connectivity index (χ4n) is 3.63. The average Bonchev–Trinajstić information content (AvgIpc) is 3.07. The minimum absolute atomic E-state index is 0.0210. The van der Waals surface area contributed by atoms with Crippen LogP contribution in [0.25, 0.3) is 11.1 Å². The Morgan fingerprint density at radius 2 is 1.58 bits per heavy atom. The van der Waals surface area contributed by atoms with Gasteiger partial charge in [-0.15, -0.1) is 0 Å². The van der Waals surface area contributed by atoms with Crippen molar-refractivity contribution in [3.8, 4) is 11.1 Å². The van der Waals surface area contributed by atoms with E-state index in [4.69, 9.17) is 8.92 Å². The first kappa shape index (κ1) is 24.7. The predicted molar refractivity (Wildman–Crippen MR) is 123 cm³/mol. The summed E-state index contributed by atoms with van der Waals surface area (Å²) in [4.78, 5) is 23.9. The summed E-state index contributed by atoms with van der Waals surface area (Å²) in [5.74, 6) is -2.06. The number of ether oxygens (including phenoxy) is 1. The standard InChI is InChI=1S/C24H29NO7S/c1-24(2,3)15-32-33(29,30)13-12-21(22(26)27)25-23(28)31-14-20-18-10-6-4-8-16(18)17-9-5-7-11-19(17)20/h4-11,20-21H,12-15H2,1-3H3,(H,25,28)(H,26,27)/t21-/m1/s1. The summed E-state index contributed by atoms with van der Waals surface area (Å²) in [6.45, 7) is 5.47. The van der Waals surface area contributed by atoms with Gasteiger partial charge in [0.2, 0.25) is 0 Å². The van der Waals surface area contributed by atoms with Crippen molar-refractivity contribution in [1.82, 2.24) is 5.32 Å². The van der Waals surface area contributed by atoms with Crippen LogP contribution in [-0.4, -0.2) is 50.6 Å². The minimum atomic E-state index is -3.93. The third-order valence-electron chi connectivity index (χ3n) is 5.26. The molecule has 0 unspecified atom stereocenters. The number of nitrogens with one attached hydrogen (secondary N) is 1. The van der Waals surface area contributed by atoms with E-state index in [9.17, 15) is 23.1 Å². The first-order valence-electron chi connectivity index (χ1n) is 10.7. The maximum absolute atomic E-state index is 12.3. The Morgan fingerprint density at radius 1 is 1.03 bits per heavy atom. The second kappa shape index (κ2) is 9.93. The second-order valence-electron chi connectivity index (χ2n) is 9.23. The van der Waals surface area contributed by atoms with Crippen LogP contribution in [0.2, 0.25) is 0 Å². The van der Waals surface area contributed by atoms with Gasteiger partial charge in [-0.25, -0.2) is 9.59 Å². The van der Waals surface area contributed by atoms with E-state index in [2.05, 4.69) is 5.32 Å². The fourth-order valence-corrected chi connectivity index (χ4v) is 4.80. The number of aliphatic carboxylic acids is 1. The van der Waals surface area contributed by atoms with Crippen LogP contribution < -0.4 is 5.32 Å². The number of carboxylic acid groups (broad SMARTS) is 1. The predicted octanol–water partition coefficient (Wildman–Crippen LogP) is 3.76. The zero-order valence-corrected chi connectivity index (χ0v) is 19.7. The van der Waals surface area contributed by atoms with Crippen LogP contribution >= 0.6 is 0 Å². The summed E-state index contributed by atoms with van der Waals surface area (Å²) in [5, 5.41) is 11.7. The molecule has 0 aliphatic heterocycles. The molecule has 1 aliphatic carbocycles. The molecule has 2 N–H and O–H groups in total. The highest BCUT2D eigenvalue weighted by Crippen LogP contribution is 2.44. The molecule has 0 spiro atoms. The Kier molecular flexibility index (Phi) is 7.44. The molecule has 0 heterocycles. The molecule has 0 fully saturated rings.